The fourth-order valence-corrected chi connectivity index (χ4v) is 3.58. The second-order valence-corrected chi connectivity index (χ2v) is 7.18. The second kappa shape index (κ2) is 7.62. The van der Waals surface area contributed by atoms with E-state index in [1.54, 1.807) is 19.1 Å². The molecule has 2 rings (SSSR count). The van der Waals surface area contributed by atoms with Gasteiger partial charge in [0, 0.05) is 5.69 Å². The molecule has 1 atom stereocenters. The van der Waals surface area contributed by atoms with Gasteiger partial charge >= 0.3 is 0 Å². The molecule has 1 unspecified atom stereocenters. The number of rotatable bonds is 6. The number of carbonyl (C=O) groups excluding carboxylic acids is 1. The molecule has 0 heterocycles. The van der Waals surface area contributed by atoms with Gasteiger partial charge in [-0.05, 0) is 55.8 Å². The summed E-state index contributed by atoms with van der Waals surface area (Å²) in [6.45, 7) is 3.17. The average Bonchev–Trinajstić information content (AvgIpc) is 2.56. The summed E-state index contributed by atoms with van der Waals surface area (Å²) in [6.07, 6.45) is 0. The smallest absolute Gasteiger partial charge is 0.244 e. The van der Waals surface area contributed by atoms with Crippen molar-refractivity contribution in [1.29, 1.82) is 0 Å². The number of halogens is 1. The third-order valence-corrected chi connectivity index (χ3v) is 5.01. The zero-order valence-corrected chi connectivity index (χ0v) is 14.9. The molecule has 0 bridgehead atoms. The van der Waals surface area contributed by atoms with E-state index in [9.17, 15) is 17.6 Å². The van der Waals surface area contributed by atoms with E-state index in [0.29, 0.717) is 5.69 Å². The molecule has 0 radical (unpaired) electrons. The summed E-state index contributed by atoms with van der Waals surface area (Å²) in [7, 11) is -2.60. The summed E-state index contributed by atoms with van der Waals surface area (Å²) in [4.78, 5) is 12.1. The minimum Gasteiger partial charge on any atom is -0.495 e. The molecule has 2 aromatic carbocycles. The van der Waals surface area contributed by atoms with Crippen LogP contribution in [-0.2, 0) is 14.8 Å². The molecule has 2 aromatic rings. The van der Waals surface area contributed by atoms with Crippen molar-refractivity contribution in [3.05, 3.63) is 53.8 Å². The van der Waals surface area contributed by atoms with Gasteiger partial charge < -0.3 is 10.1 Å². The van der Waals surface area contributed by atoms with Crippen LogP contribution in [0.2, 0.25) is 0 Å². The predicted octanol–water partition coefficient (Wildman–Crippen LogP) is 2.45. The second-order valence-electron chi connectivity index (χ2n) is 5.49. The number of anilines is 1. The van der Waals surface area contributed by atoms with Gasteiger partial charge in [-0.25, -0.2) is 12.8 Å². The maximum atomic E-state index is 12.9. The van der Waals surface area contributed by atoms with E-state index in [1.807, 2.05) is 0 Å². The molecule has 0 fully saturated rings. The van der Waals surface area contributed by atoms with Crippen LogP contribution in [0.3, 0.4) is 0 Å². The number of benzene rings is 2. The number of hydrogen-bond donors (Lipinski definition) is 2. The van der Waals surface area contributed by atoms with Crippen molar-refractivity contribution < 1.29 is 22.3 Å². The predicted molar refractivity (Wildman–Crippen MR) is 92.5 cm³/mol. The van der Waals surface area contributed by atoms with E-state index in [-0.39, 0.29) is 10.6 Å². The molecule has 8 heteroatoms. The van der Waals surface area contributed by atoms with Crippen LogP contribution >= 0.6 is 0 Å². The molecule has 0 aromatic heterocycles. The Kier molecular flexibility index (Phi) is 5.76. The van der Waals surface area contributed by atoms with Crippen molar-refractivity contribution in [3.63, 3.8) is 0 Å². The van der Waals surface area contributed by atoms with Crippen LogP contribution in [0.25, 0.3) is 0 Å². The normalized spacial score (nSPS) is 12.5. The molecule has 0 aliphatic heterocycles. The zero-order valence-electron chi connectivity index (χ0n) is 14.0. The van der Waals surface area contributed by atoms with E-state index < -0.39 is 27.8 Å². The lowest BCUT2D eigenvalue weighted by Gasteiger charge is -2.16. The van der Waals surface area contributed by atoms with Crippen LogP contribution in [0.5, 0.6) is 5.75 Å². The van der Waals surface area contributed by atoms with Crippen LogP contribution in [0.15, 0.2) is 47.4 Å². The number of amides is 1. The highest BCUT2D eigenvalue weighted by Crippen LogP contribution is 2.24. The monoisotopic (exact) mass is 366 g/mol. The lowest BCUT2D eigenvalue weighted by molar-refractivity contribution is -0.117. The standard InChI is InChI=1S/C17H19FN2O4S/c1-11-4-9-15(24-3)16(10-11)25(22,23)20-12(2)17(21)19-14-7-5-13(18)6-8-14/h4-10,12,20H,1-3H3,(H,19,21). The molecule has 0 saturated carbocycles. The summed E-state index contributed by atoms with van der Waals surface area (Å²) in [5.41, 5.74) is 1.11. The first-order chi connectivity index (χ1) is 11.7. The number of nitrogens with one attached hydrogen (secondary N) is 2. The molecule has 25 heavy (non-hydrogen) atoms. The quantitative estimate of drug-likeness (QED) is 0.822. The Balaban J connectivity index is 2.15. The van der Waals surface area contributed by atoms with E-state index in [2.05, 4.69) is 10.0 Å². The topological polar surface area (TPSA) is 84.5 Å². The Labute approximate surface area is 146 Å². The minimum atomic E-state index is -3.96. The van der Waals surface area contributed by atoms with Crippen molar-refractivity contribution in [2.24, 2.45) is 0 Å². The summed E-state index contributed by atoms with van der Waals surface area (Å²) < 4.78 is 45.4. The molecule has 6 nitrogen and oxygen atoms in total. The van der Waals surface area contributed by atoms with Crippen LogP contribution in [0.4, 0.5) is 10.1 Å². The number of methoxy groups -OCH3 is 1. The van der Waals surface area contributed by atoms with Crippen molar-refractivity contribution >= 4 is 21.6 Å². The van der Waals surface area contributed by atoms with Crippen molar-refractivity contribution in [2.75, 3.05) is 12.4 Å². The van der Waals surface area contributed by atoms with E-state index in [0.717, 1.165) is 5.56 Å². The Morgan fingerprint density at radius 1 is 1.16 bits per heavy atom. The summed E-state index contributed by atoms with van der Waals surface area (Å²) in [6, 6.07) is 8.86. The third kappa shape index (κ3) is 4.77. The first-order valence-electron chi connectivity index (χ1n) is 7.46. The van der Waals surface area contributed by atoms with Gasteiger partial charge in [0.15, 0.2) is 0 Å². The summed E-state index contributed by atoms with van der Waals surface area (Å²) >= 11 is 0. The Morgan fingerprint density at radius 2 is 1.80 bits per heavy atom. The lowest BCUT2D eigenvalue weighted by Crippen LogP contribution is -2.41. The Morgan fingerprint density at radius 3 is 2.40 bits per heavy atom. The van der Waals surface area contributed by atoms with Gasteiger partial charge in [-0.3, -0.25) is 4.79 Å². The third-order valence-electron chi connectivity index (χ3n) is 3.45. The largest absolute Gasteiger partial charge is 0.495 e. The fourth-order valence-electron chi connectivity index (χ4n) is 2.13. The van der Waals surface area contributed by atoms with Crippen LogP contribution < -0.4 is 14.8 Å². The number of ether oxygens (including phenoxy) is 1. The number of aryl methyl sites for hydroxylation is 1. The van der Waals surface area contributed by atoms with Gasteiger partial charge in [-0.15, -0.1) is 0 Å². The highest BCUT2D eigenvalue weighted by atomic mass is 32.2. The van der Waals surface area contributed by atoms with E-state index in [4.69, 9.17) is 4.74 Å². The highest BCUT2D eigenvalue weighted by molar-refractivity contribution is 7.89. The Bertz CT molecular complexity index is 867. The molecular formula is C17H19FN2O4S. The van der Waals surface area contributed by atoms with Crippen molar-refractivity contribution in [3.8, 4) is 5.75 Å². The molecular weight excluding hydrogens is 347 g/mol. The first-order valence-corrected chi connectivity index (χ1v) is 8.94. The fraction of sp³-hybridized carbons (Fsp3) is 0.235. The highest BCUT2D eigenvalue weighted by Gasteiger charge is 2.25. The molecule has 0 spiro atoms. The maximum absolute atomic E-state index is 12.9. The molecule has 0 aliphatic carbocycles. The van der Waals surface area contributed by atoms with E-state index >= 15 is 0 Å². The SMILES string of the molecule is COc1ccc(C)cc1S(=O)(=O)NC(C)C(=O)Nc1ccc(F)cc1. The molecule has 0 saturated heterocycles. The van der Waals surface area contributed by atoms with Gasteiger partial charge in [-0.2, -0.15) is 4.72 Å². The van der Waals surface area contributed by atoms with Gasteiger partial charge in [0.05, 0.1) is 13.2 Å². The molecule has 0 aliphatic rings. The maximum Gasteiger partial charge on any atom is 0.244 e. The number of carbonyl (C=O) groups is 1. The number of hydrogen-bond acceptors (Lipinski definition) is 4. The summed E-state index contributed by atoms with van der Waals surface area (Å²) in [5.74, 6) is -0.815. The Hall–Kier alpha value is -2.45. The van der Waals surface area contributed by atoms with Gasteiger partial charge in [0.2, 0.25) is 15.9 Å². The van der Waals surface area contributed by atoms with E-state index in [1.165, 1.54) is 44.4 Å². The molecule has 134 valence electrons. The lowest BCUT2D eigenvalue weighted by atomic mass is 10.2. The van der Waals surface area contributed by atoms with Crippen LogP contribution in [0.1, 0.15) is 12.5 Å². The van der Waals surface area contributed by atoms with Gasteiger partial charge in [0.25, 0.3) is 0 Å². The van der Waals surface area contributed by atoms with Crippen molar-refractivity contribution in [1.82, 2.24) is 4.72 Å². The molecule has 2 N–H and O–H groups in total. The minimum absolute atomic E-state index is 0.0450. The average molecular weight is 366 g/mol. The zero-order chi connectivity index (χ0) is 18.6. The van der Waals surface area contributed by atoms with Gasteiger partial charge in [-0.1, -0.05) is 6.07 Å². The molecule has 1 amide bonds. The first kappa shape index (κ1) is 18.9. The number of sulfonamides is 1. The van der Waals surface area contributed by atoms with Crippen LogP contribution in [-0.4, -0.2) is 27.5 Å². The van der Waals surface area contributed by atoms with Gasteiger partial charge in [0.1, 0.15) is 16.5 Å². The summed E-state index contributed by atoms with van der Waals surface area (Å²) in [5, 5.41) is 2.52. The van der Waals surface area contributed by atoms with Crippen LogP contribution in [0, 0.1) is 12.7 Å². The van der Waals surface area contributed by atoms with Crippen molar-refractivity contribution in [2.45, 2.75) is 24.8 Å².